The van der Waals surface area contributed by atoms with E-state index in [0.717, 1.165) is 0 Å². The zero-order chi connectivity index (χ0) is 19.9. The average Bonchev–Trinajstić information content (AvgIpc) is 3.09. The maximum atomic E-state index is 13.3. The summed E-state index contributed by atoms with van der Waals surface area (Å²) >= 11 is 3.08. The number of nitrogens with zero attached hydrogens (tertiary/aromatic N) is 3. The second-order valence-electron chi connectivity index (χ2n) is 5.62. The standard InChI is InChI=1S/C15H20BrFN6O3S/c1-25-6-8-27(18,19)7-2-3-13-14(23-26-22-13)15(21-24)20-10-4-5-12(17)11(16)9-10/h4-5,9,18-19,24H,2-3,6-8H2,1H3,(H,20,21). The van der Waals surface area contributed by atoms with Crippen molar-refractivity contribution in [2.24, 2.45) is 4.99 Å². The number of aliphatic imine (C=N–C) groups is 1. The van der Waals surface area contributed by atoms with Gasteiger partial charge in [0.1, 0.15) is 11.5 Å². The van der Waals surface area contributed by atoms with E-state index in [0.29, 0.717) is 42.3 Å². The minimum Gasteiger partial charge on any atom is -0.384 e. The van der Waals surface area contributed by atoms with Crippen LogP contribution in [-0.2, 0) is 20.8 Å². The van der Waals surface area contributed by atoms with E-state index >= 15 is 0 Å². The lowest BCUT2D eigenvalue weighted by Gasteiger charge is -2.09. The summed E-state index contributed by atoms with van der Waals surface area (Å²) in [5.41, 5.74) is 2.99. The Hall–Kier alpha value is -1.89. The largest absolute Gasteiger partial charge is 0.384 e. The molecule has 0 aliphatic carbocycles. The predicted octanol–water partition coefficient (Wildman–Crippen LogP) is 3.29. The van der Waals surface area contributed by atoms with E-state index in [1.165, 1.54) is 18.2 Å². The molecule has 148 valence electrons. The average molecular weight is 463 g/mol. The summed E-state index contributed by atoms with van der Waals surface area (Å²) in [7, 11) is -0.686. The summed E-state index contributed by atoms with van der Waals surface area (Å²) in [5.74, 6) is 0.352. The molecule has 2 aromatic rings. The van der Waals surface area contributed by atoms with Gasteiger partial charge in [-0.25, -0.2) is 14.0 Å². The van der Waals surface area contributed by atoms with Crippen LogP contribution in [0.5, 0.6) is 0 Å². The fourth-order valence-electron chi connectivity index (χ4n) is 2.18. The molecule has 27 heavy (non-hydrogen) atoms. The summed E-state index contributed by atoms with van der Waals surface area (Å²) in [6.45, 7) is 0.386. The number of aryl methyl sites for hydroxylation is 1. The second kappa shape index (κ2) is 9.88. The quantitative estimate of drug-likeness (QED) is 0.256. The molecule has 0 aliphatic rings. The van der Waals surface area contributed by atoms with Crippen molar-refractivity contribution in [2.45, 2.75) is 12.8 Å². The van der Waals surface area contributed by atoms with Crippen LogP contribution in [0.4, 0.5) is 10.1 Å². The lowest BCUT2D eigenvalue weighted by atomic mass is 10.2. The van der Waals surface area contributed by atoms with E-state index in [4.69, 9.17) is 18.9 Å². The molecule has 9 nitrogen and oxygen atoms in total. The third-order valence-corrected chi connectivity index (χ3v) is 6.03. The van der Waals surface area contributed by atoms with Crippen LogP contribution in [0.3, 0.4) is 0 Å². The van der Waals surface area contributed by atoms with Gasteiger partial charge in [0.25, 0.3) is 0 Å². The maximum absolute atomic E-state index is 13.3. The molecule has 0 atom stereocenters. The monoisotopic (exact) mass is 462 g/mol. The number of rotatable bonds is 9. The van der Waals surface area contributed by atoms with Crippen LogP contribution < -0.4 is 5.48 Å². The first-order chi connectivity index (χ1) is 12.9. The van der Waals surface area contributed by atoms with Crippen molar-refractivity contribution in [3.8, 4) is 0 Å². The molecule has 1 aromatic heterocycles. The normalized spacial score (nSPS) is 12.4. The number of amidine groups is 1. The SMILES string of the molecule is COCCS(=N)(=N)CCCc1nonc1C(=Nc1ccc(F)c(Br)c1)NO. The van der Waals surface area contributed by atoms with Crippen LogP contribution in [0.2, 0.25) is 0 Å². The molecule has 4 N–H and O–H groups in total. The number of methoxy groups -OCH3 is 1. The molecule has 1 heterocycles. The highest BCUT2D eigenvalue weighted by Gasteiger charge is 2.17. The van der Waals surface area contributed by atoms with Gasteiger partial charge in [0.15, 0.2) is 11.5 Å². The Kier molecular flexibility index (Phi) is 7.83. The Balaban J connectivity index is 2.11. The van der Waals surface area contributed by atoms with Gasteiger partial charge in [0.2, 0.25) is 0 Å². The fraction of sp³-hybridized carbons (Fsp3) is 0.400. The lowest BCUT2D eigenvalue weighted by Crippen LogP contribution is -2.22. The molecule has 0 saturated carbocycles. The molecule has 0 aliphatic heterocycles. The topological polar surface area (TPSA) is 140 Å². The van der Waals surface area contributed by atoms with Crippen molar-refractivity contribution in [1.29, 1.82) is 9.56 Å². The molecule has 0 bridgehead atoms. The minimum atomic E-state index is -2.23. The van der Waals surface area contributed by atoms with Gasteiger partial charge in [-0.15, -0.1) is 0 Å². The number of benzene rings is 1. The predicted molar refractivity (Wildman–Crippen MR) is 102 cm³/mol. The van der Waals surface area contributed by atoms with Crippen molar-refractivity contribution in [3.05, 3.63) is 39.9 Å². The Morgan fingerprint density at radius 3 is 2.85 bits per heavy atom. The fourth-order valence-corrected chi connectivity index (χ4v) is 3.84. The highest BCUT2D eigenvalue weighted by Crippen LogP contribution is 2.23. The molecule has 0 unspecified atom stereocenters. The van der Waals surface area contributed by atoms with Crippen LogP contribution in [0.25, 0.3) is 0 Å². The molecule has 0 fully saturated rings. The molecule has 0 amide bonds. The maximum Gasteiger partial charge on any atom is 0.181 e. The van der Waals surface area contributed by atoms with Gasteiger partial charge in [0.05, 0.1) is 16.8 Å². The minimum absolute atomic E-state index is 0.000465. The summed E-state index contributed by atoms with van der Waals surface area (Å²) < 4.78 is 39.3. The third kappa shape index (κ3) is 6.34. The highest BCUT2D eigenvalue weighted by atomic mass is 79.9. The summed E-state index contributed by atoms with van der Waals surface area (Å²) in [5, 5.41) is 17.0. The number of hydroxylamine groups is 1. The molecule has 0 spiro atoms. The first-order valence-corrected chi connectivity index (χ1v) is 10.6. The van der Waals surface area contributed by atoms with Crippen molar-refractivity contribution >= 4 is 37.1 Å². The molecule has 12 heteroatoms. The van der Waals surface area contributed by atoms with E-state index in [-0.39, 0.29) is 16.0 Å². The Labute approximate surface area is 164 Å². The molecule has 0 radical (unpaired) electrons. The number of nitrogens with one attached hydrogen (secondary N) is 3. The number of hydrogen-bond donors (Lipinski definition) is 4. The lowest BCUT2D eigenvalue weighted by molar-refractivity contribution is 0.218. The van der Waals surface area contributed by atoms with E-state index < -0.39 is 15.4 Å². The Bertz CT molecular complexity index is 903. The Morgan fingerprint density at radius 2 is 2.19 bits per heavy atom. The first kappa shape index (κ1) is 21.4. The number of hydrogen-bond acceptors (Lipinski definition) is 8. The summed E-state index contributed by atoms with van der Waals surface area (Å²) in [6, 6.07) is 4.14. The zero-order valence-corrected chi connectivity index (χ0v) is 16.9. The highest BCUT2D eigenvalue weighted by molar-refractivity contribution is 9.10. The first-order valence-electron chi connectivity index (χ1n) is 7.89. The van der Waals surface area contributed by atoms with Gasteiger partial charge in [-0.1, -0.05) is 14.8 Å². The van der Waals surface area contributed by atoms with Crippen LogP contribution in [0.1, 0.15) is 17.8 Å². The van der Waals surface area contributed by atoms with E-state index in [1.807, 2.05) is 5.48 Å². The smallest absolute Gasteiger partial charge is 0.181 e. The zero-order valence-electron chi connectivity index (χ0n) is 14.5. The second-order valence-corrected chi connectivity index (χ2v) is 9.06. The Morgan fingerprint density at radius 1 is 1.41 bits per heavy atom. The third-order valence-electron chi connectivity index (χ3n) is 3.57. The number of ether oxygens (including phenoxy) is 1. The summed E-state index contributed by atoms with van der Waals surface area (Å²) in [4.78, 5) is 4.19. The van der Waals surface area contributed by atoms with Crippen molar-refractivity contribution in [2.75, 3.05) is 25.2 Å². The van der Waals surface area contributed by atoms with Crippen molar-refractivity contribution < 1.29 is 19.0 Å². The van der Waals surface area contributed by atoms with Crippen LogP contribution in [0.15, 0.2) is 32.3 Å². The van der Waals surface area contributed by atoms with Gasteiger partial charge in [0, 0.05) is 18.6 Å². The van der Waals surface area contributed by atoms with Gasteiger partial charge >= 0.3 is 0 Å². The van der Waals surface area contributed by atoms with Gasteiger partial charge in [-0.3, -0.25) is 20.2 Å². The van der Waals surface area contributed by atoms with Gasteiger partial charge in [-0.2, -0.15) is 0 Å². The van der Waals surface area contributed by atoms with Crippen molar-refractivity contribution in [3.63, 3.8) is 0 Å². The number of aromatic nitrogens is 2. The van der Waals surface area contributed by atoms with Gasteiger partial charge in [-0.05, 0) is 52.1 Å². The van der Waals surface area contributed by atoms with Gasteiger partial charge < -0.3 is 4.74 Å². The van der Waals surface area contributed by atoms with Crippen LogP contribution in [0, 0.1) is 15.4 Å². The van der Waals surface area contributed by atoms with E-state index in [1.54, 1.807) is 7.11 Å². The van der Waals surface area contributed by atoms with E-state index in [2.05, 4.69) is 31.2 Å². The molecule has 0 saturated heterocycles. The molecule has 2 rings (SSSR count). The molecule has 1 aromatic carbocycles. The van der Waals surface area contributed by atoms with Crippen LogP contribution >= 0.6 is 15.9 Å². The molecular formula is C15H20BrFN6O3S. The van der Waals surface area contributed by atoms with Crippen molar-refractivity contribution in [1.82, 2.24) is 15.8 Å². The van der Waals surface area contributed by atoms with E-state index in [9.17, 15) is 9.60 Å². The molecular weight excluding hydrogens is 443 g/mol. The van der Waals surface area contributed by atoms with Crippen LogP contribution in [-0.4, -0.2) is 46.6 Å². The number of halogens is 2. The summed E-state index contributed by atoms with van der Waals surface area (Å²) in [6.07, 6.45) is 0.945.